The normalized spacial score (nSPS) is 17.1. The van der Waals surface area contributed by atoms with Crippen LogP contribution in [-0.4, -0.2) is 89.9 Å². The van der Waals surface area contributed by atoms with Crippen LogP contribution in [0.15, 0.2) is 54.6 Å². The van der Waals surface area contributed by atoms with E-state index in [1.807, 2.05) is 31.2 Å². The molecule has 1 aliphatic heterocycles. The molecule has 1 unspecified atom stereocenters. The predicted octanol–water partition coefficient (Wildman–Crippen LogP) is 8.70. The first-order valence-electron chi connectivity index (χ1n) is 19.3. The number of carbonyl (C=O) groups is 1. The Bertz CT molecular complexity index is 1720. The minimum absolute atomic E-state index is 0.0368. The number of amides is 1. The molecule has 54 heavy (non-hydrogen) atoms. The molecule has 5 rings (SSSR count). The highest BCUT2D eigenvalue weighted by Gasteiger charge is 2.40. The monoisotopic (exact) mass is 757 g/mol. The first kappa shape index (κ1) is 41.1. The highest BCUT2D eigenvalue weighted by molar-refractivity contribution is 6.75. The molecule has 0 aromatic heterocycles. The first-order chi connectivity index (χ1) is 25.9. The third kappa shape index (κ3) is 9.06. The minimum Gasteiger partial charge on any atom is -0.504 e. The summed E-state index contributed by atoms with van der Waals surface area (Å²) in [4.78, 5) is 20.0. The molecule has 0 spiro atoms. The molecule has 10 nitrogen and oxygen atoms in total. The summed E-state index contributed by atoms with van der Waals surface area (Å²) in [5.74, 6) is 0.714. The molecule has 1 aliphatic carbocycles. The number of carbonyl (C=O) groups excluding carboxylic acids is 1. The highest BCUT2D eigenvalue weighted by atomic mass is 28.4. The molecule has 0 radical (unpaired) electrons. The minimum atomic E-state index is -1.80. The number of rotatable bonds is 17. The number of alkyl carbamates (subject to hydrolysis) is 1. The number of hydrogen-bond donors (Lipinski definition) is 2. The van der Waals surface area contributed by atoms with Crippen LogP contribution in [0.4, 0.5) is 4.79 Å². The molecule has 11 heteroatoms. The van der Waals surface area contributed by atoms with Crippen molar-refractivity contribution in [3.05, 3.63) is 88.3 Å². The second-order valence-electron chi connectivity index (χ2n) is 15.4. The van der Waals surface area contributed by atoms with Crippen LogP contribution in [0.25, 0.3) is 16.0 Å². The number of hydrogen-bond acceptors (Lipinski definition) is 8. The zero-order valence-corrected chi connectivity index (χ0v) is 34.3. The van der Waals surface area contributed by atoms with E-state index < -0.39 is 26.6 Å². The summed E-state index contributed by atoms with van der Waals surface area (Å²) in [5, 5.41) is 13.9. The van der Waals surface area contributed by atoms with Gasteiger partial charge in [-0.25, -0.2) is 16.3 Å². The van der Waals surface area contributed by atoms with Crippen molar-refractivity contribution < 1.29 is 33.3 Å². The Balaban J connectivity index is 1.31. The maximum Gasteiger partial charge on any atom is 0.407 e. The van der Waals surface area contributed by atoms with E-state index in [1.165, 1.54) is 7.11 Å². The van der Waals surface area contributed by atoms with Crippen molar-refractivity contribution in [2.75, 3.05) is 47.1 Å². The molecule has 3 aromatic carbocycles. The molecule has 2 aliphatic rings. The zero-order chi connectivity index (χ0) is 39.0. The number of unbranched alkanes of at least 4 members (excludes halogenated alkanes) is 1. The number of nitrogens with zero attached hydrogens (tertiary/aromatic N) is 2. The highest BCUT2D eigenvalue weighted by Crippen LogP contribution is 2.45. The van der Waals surface area contributed by atoms with E-state index >= 15 is 0 Å². The Morgan fingerprint density at radius 2 is 1.65 bits per heavy atom. The molecule has 292 valence electrons. The number of morpholine rings is 1. The van der Waals surface area contributed by atoms with Gasteiger partial charge in [-0.3, -0.25) is 4.85 Å². The van der Waals surface area contributed by atoms with E-state index in [1.54, 1.807) is 13.2 Å². The van der Waals surface area contributed by atoms with Gasteiger partial charge in [0.05, 0.1) is 26.9 Å². The van der Waals surface area contributed by atoms with Gasteiger partial charge in [0, 0.05) is 43.2 Å². The van der Waals surface area contributed by atoms with Gasteiger partial charge in [-0.1, -0.05) is 76.2 Å². The fourth-order valence-electron chi connectivity index (χ4n) is 8.13. The second kappa shape index (κ2) is 18.5. The molecule has 1 amide bonds. The van der Waals surface area contributed by atoms with Crippen LogP contribution in [0.3, 0.4) is 0 Å². The van der Waals surface area contributed by atoms with Crippen molar-refractivity contribution in [2.45, 2.75) is 102 Å². The van der Waals surface area contributed by atoms with Crippen LogP contribution in [0.2, 0.25) is 17.6 Å². The van der Waals surface area contributed by atoms with Gasteiger partial charge in [0.1, 0.15) is 18.4 Å². The third-order valence-electron chi connectivity index (χ3n) is 11.7. The molecule has 1 fully saturated rings. The number of phenolic OH excluding ortho intramolecular Hbond substituents is 1. The summed E-state index contributed by atoms with van der Waals surface area (Å²) in [6.45, 7) is 24.2. The van der Waals surface area contributed by atoms with Crippen LogP contribution < -0.4 is 14.8 Å². The van der Waals surface area contributed by atoms with Crippen LogP contribution in [0.1, 0.15) is 75.1 Å². The van der Waals surface area contributed by atoms with Crippen molar-refractivity contribution in [2.24, 2.45) is 0 Å². The number of fused-ring (bicyclic) bond motifs is 3. The largest absolute Gasteiger partial charge is 0.504 e. The Morgan fingerprint density at radius 1 is 1.02 bits per heavy atom. The number of aromatic hydroxyl groups is 1. The van der Waals surface area contributed by atoms with Gasteiger partial charge >= 0.3 is 6.09 Å². The topological polar surface area (TPSA) is 103 Å². The van der Waals surface area contributed by atoms with Crippen molar-refractivity contribution in [3.8, 4) is 28.4 Å². The molecule has 1 saturated heterocycles. The number of benzene rings is 3. The van der Waals surface area contributed by atoms with E-state index in [0.717, 1.165) is 48.1 Å². The van der Waals surface area contributed by atoms with Crippen molar-refractivity contribution in [1.29, 1.82) is 0 Å². The van der Waals surface area contributed by atoms with Crippen molar-refractivity contribution >= 4 is 14.4 Å². The first-order valence-corrected chi connectivity index (χ1v) is 21.9. The average molecular weight is 758 g/mol. The smallest absolute Gasteiger partial charge is 0.407 e. The number of methoxy groups -OCH3 is 2. The standard InChI is InChI=1S/C43H59N3O7Si/c1-28(2)54(9,29(3)4)53-22-15-14-16-32-26-46(21-23-51-32)42(44-6)38(24-31-25-39(47)41(50-8)30(5)40(31)49-7)45-43(48)52-27-37-35-19-12-10-17-33(35)34-18-11-13-20-36(34)37/h10-13,17-20,25,28-29,32,37-38,42,47H,14-16,21-24,26-27H2,1-5,7-9H3,(H,45,48)/t32-,38?,42-/m0/s1. The maximum absolute atomic E-state index is 13.7. The lowest BCUT2D eigenvalue weighted by atomic mass is 9.98. The quantitative estimate of drug-likeness (QED) is 0.0802. The summed E-state index contributed by atoms with van der Waals surface area (Å²) < 4.78 is 29.9. The molecular weight excluding hydrogens is 699 g/mol. The summed E-state index contributed by atoms with van der Waals surface area (Å²) >= 11 is 0. The zero-order valence-electron chi connectivity index (χ0n) is 33.3. The number of ether oxygens (including phenoxy) is 4. The van der Waals surface area contributed by atoms with E-state index in [4.69, 9.17) is 29.9 Å². The molecule has 2 N–H and O–H groups in total. The SMILES string of the molecule is [C-]#[N+][C@H](C(Cc1cc(O)c(OC)c(C)c1OC)NC(=O)OCC1c2ccccc2-c2ccccc21)N1CCO[C@@H](CCCCO[Si](C)(C(C)C)C(C)C)C1. The predicted molar refractivity (Wildman–Crippen MR) is 215 cm³/mol. The van der Waals surface area contributed by atoms with Gasteiger partial charge in [-0.15, -0.1) is 0 Å². The summed E-state index contributed by atoms with van der Waals surface area (Å²) in [6.07, 6.45) is 1.62. The fourth-order valence-corrected chi connectivity index (χ4v) is 10.7. The van der Waals surface area contributed by atoms with Crippen LogP contribution in [0.5, 0.6) is 17.2 Å². The summed E-state index contributed by atoms with van der Waals surface area (Å²) in [7, 11) is 1.26. The van der Waals surface area contributed by atoms with E-state index in [-0.39, 0.29) is 30.8 Å². The lowest BCUT2D eigenvalue weighted by molar-refractivity contribution is -0.0459. The summed E-state index contributed by atoms with van der Waals surface area (Å²) in [6, 6.07) is 17.3. The molecular formula is C43H59N3O7Si. The van der Waals surface area contributed by atoms with Gasteiger partial charge in [-0.2, -0.15) is 0 Å². The molecule has 0 saturated carbocycles. The van der Waals surface area contributed by atoms with Crippen LogP contribution >= 0.6 is 0 Å². The number of phenols is 1. The summed E-state index contributed by atoms with van der Waals surface area (Å²) in [5.41, 5.74) is 6.93. The Hall–Kier alpha value is -4.08. The Morgan fingerprint density at radius 3 is 2.24 bits per heavy atom. The average Bonchev–Trinajstić information content (AvgIpc) is 3.47. The van der Waals surface area contributed by atoms with Gasteiger partial charge in [0.2, 0.25) is 0 Å². The van der Waals surface area contributed by atoms with Gasteiger partial charge in [0.15, 0.2) is 19.8 Å². The molecule has 3 aromatic rings. The van der Waals surface area contributed by atoms with Crippen molar-refractivity contribution in [3.63, 3.8) is 0 Å². The second-order valence-corrected chi connectivity index (χ2v) is 20.4. The fraction of sp³-hybridized carbons (Fsp3) is 0.535. The van der Waals surface area contributed by atoms with Crippen LogP contribution in [-0.2, 0) is 20.3 Å². The van der Waals surface area contributed by atoms with Gasteiger partial charge < -0.3 is 33.8 Å². The van der Waals surface area contributed by atoms with E-state index in [0.29, 0.717) is 53.4 Å². The number of nitrogens with one attached hydrogen (secondary N) is 1. The van der Waals surface area contributed by atoms with Gasteiger partial charge in [-0.05, 0) is 72.1 Å². The Labute approximate surface area is 323 Å². The molecule has 1 heterocycles. The maximum atomic E-state index is 13.7. The van der Waals surface area contributed by atoms with Crippen LogP contribution in [0, 0.1) is 13.5 Å². The molecule has 0 bridgehead atoms. The van der Waals surface area contributed by atoms with Crippen molar-refractivity contribution in [1.82, 2.24) is 10.2 Å². The third-order valence-corrected chi connectivity index (χ3v) is 17.1. The Kier molecular flexibility index (Phi) is 14.1. The van der Waals surface area contributed by atoms with E-state index in [9.17, 15) is 9.90 Å². The lowest BCUT2D eigenvalue weighted by Crippen LogP contribution is -2.56. The van der Waals surface area contributed by atoms with Gasteiger partial charge in [0.25, 0.3) is 6.17 Å². The molecule has 3 atom stereocenters. The van der Waals surface area contributed by atoms with E-state index in [2.05, 4.69) is 73.6 Å². The lowest BCUT2D eigenvalue weighted by Gasteiger charge is -2.36.